The molecule has 5 fully saturated rings. The molecule has 3 aliphatic carbocycles. The summed E-state index contributed by atoms with van der Waals surface area (Å²) in [5.74, 6) is -0.494. The van der Waals surface area contributed by atoms with Crippen molar-refractivity contribution >= 4 is 18.1 Å². The molecule has 0 amide bonds. The zero-order chi connectivity index (χ0) is 27.3. The maximum absolute atomic E-state index is 13.1. The molecule has 4 aliphatic heterocycles. The van der Waals surface area contributed by atoms with E-state index in [1.807, 2.05) is 13.8 Å². The average Bonchev–Trinajstić information content (AvgIpc) is 3.80. The number of fused-ring (bicyclic) bond motifs is 4. The van der Waals surface area contributed by atoms with Crippen LogP contribution in [0.25, 0.3) is 0 Å². The second-order valence-electron chi connectivity index (χ2n) is 12.4. The lowest BCUT2D eigenvalue weighted by atomic mass is 9.46. The van der Waals surface area contributed by atoms with Crippen LogP contribution in [0.1, 0.15) is 45.7 Å². The number of carbonyl (C=O) groups is 2. The molecule has 2 spiro atoms. The summed E-state index contributed by atoms with van der Waals surface area (Å²) in [5.41, 5.74) is -0.516. The minimum atomic E-state index is -0.910. The summed E-state index contributed by atoms with van der Waals surface area (Å²) < 4.78 is 37.8. The highest BCUT2D eigenvalue weighted by atomic mass is 16.8. The minimum Gasteiger partial charge on any atom is -0.458 e. The van der Waals surface area contributed by atoms with Crippen LogP contribution in [0.3, 0.4) is 0 Å². The van der Waals surface area contributed by atoms with E-state index in [2.05, 4.69) is 11.9 Å². The van der Waals surface area contributed by atoms with Gasteiger partial charge in [0.15, 0.2) is 24.0 Å². The van der Waals surface area contributed by atoms with Crippen LogP contribution in [0.5, 0.6) is 0 Å². The zero-order valence-electron chi connectivity index (χ0n) is 22.0. The smallest absolute Gasteiger partial charge is 0.458 e. The van der Waals surface area contributed by atoms with Gasteiger partial charge in [-0.25, -0.2) is 14.2 Å². The van der Waals surface area contributed by atoms with Crippen LogP contribution in [-0.4, -0.2) is 74.4 Å². The van der Waals surface area contributed by atoms with E-state index in [-0.39, 0.29) is 54.1 Å². The third-order valence-electron chi connectivity index (χ3n) is 10.8. The maximum atomic E-state index is 13.1. The first-order chi connectivity index (χ1) is 18.5. The third kappa shape index (κ3) is 2.51. The Morgan fingerprint density at radius 2 is 2.10 bits per heavy atom. The van der Waals surface area contributed by atoms with Crippen molar-refractivity contribution in [3.05, 3.63) is 33.2 Å². The van der Waals surface area contributed by atoms with Crippen molar-refractivity contribution in [1.82, 2.24) is 9.55 Å². The summed E-state index contributed by atoms with van der Waals surface area (Å²) in [6.45, 7) is 6.34. The van der Waals surface area contributed by atoms with Crippen molar-refractivity contribution in [2.75, 3.05) is 6.61 Å². The molecule has 0 N–H and O–H groups in total. The summed E-state index contributed by atoms with van der Waals surface area (Å²) in [7, 11) is 1.48. The van der Waals surface area contributed by atoms with Gasteiger partial charge in [-0.15, -0.1) is 0 Å². The first-order valence-corrected chi connectivity index (χ1v) is 13.4. The Bertz CT molecular complexity index is 1400. The molecule has 13 heteroatoms. The summed E-state index contributed by atoms with van der Waals surface area (Å²) in [4.78, 5) is 39.8. The first kappa shape index (κ1) is 23.8. The summed E-state index contributed by atoms with van der Waals surface area (Å²) in [6, 6.07) is 0. The largest absolute Gasteiger partial charge is 0.509 e. The fraction of sp³-hybridized carbons (Fsp3) is 0.731. The number of aromatic nitrogens is 2. The number of ether oxygens (including phenoxy) is 6. The second kappa shape index (κ2) is 6.99. The van der Waals surface area contributed by atoms with Gasteiger partial charge in [-0.1, -0.05) is 25.8 Å². The monoisotopic (exact) mass is 543 g/mol. The quantitative estimate of drug-likeness (QED) is 0.231. The molecule has 1 aromatic rings. The van der Waals surface area contributed by atoms with E-state index in [9.17, 15) is 19.7 Å². The Balaban J connectivity index is 1.11. The van der Waals surface area contributed by atoms with Gasteiger partial charge in [0.1, 0.15) is 36.2 Å². The number of imidazole rings is 1. The van der Waals surface area contributed by atoms with Gasteiger partial charge in [-0.05, 0) is 41.6 Å². The molecule has 8 rings (SSSR count). The number of nitrogens with zero attached hydrogens (tertiary/aromatic N) is 3. The molecule has 5 heterocycles. The summed E-state index contributed by atoms with van der Waals surface area (Å²) >= 11 is 0. The van der Waals surface area contributed by atoms with Gasteiger partial charge in [0.25, 0.3) is 0 Å². The van der Waals surface area contributed by atoms with Gasteiger partial charge < -0.3 is 38.5 Å². The lowest BCUT2D eigenvalue weighted by Crippen LogP contribution is -2.70. The van der Waals surface area contributed by atoms with E-state index < -0.39 is 34.0 Å². The van der Waals surface area contributed by atoms with E-state index in [1.54, 1.807) is 0 Å². The second-order valence-corrected chi connectivity index (χ2v) is 12.4. The number of carbonyl (C=O) groups excluding carboxylic acids is 2. The standard InChI is InChI=1S/C26H29N3O10/c1-11(2)24-17(38-24)18-26(39-18)23(3)6-5-13-14(10-34-19(13)30)15(23)7-16-25(26,37-16)20(24)36-22(31)35-9-12-8-27-21(28(12)4)29(32)33/h8,11,15-18,20H,5-7,9-10H2,1-4H3/t15?,16-,17-,18-,20+,23-,24-,25+,26+/m0/s1. The number of nitro groups is 1. The lowest BCUT2D eigenvalue weighted by Gasteiger charge is -2.53. The number of rotatable bonds is 5. The van der Waals surface area contributed by atoms with Crippen molar-refractivity contribution in [2.24, 2.45) is 24.3 Å². The van der Waals surface area contributed by atoms with Crippen molar-refractivity contribution in [3.8, 4) is 0 Å². The number of epoxide rings is 3. The van der Waals surface area contributed by atoms with E-state index in [4.69, 9.17) is 28.4 Å². The van der Waals surface area contributed by atoms with Crippen molar-refractivity contribution in [3.63, 3.8) is 0 Å². The molecule has 1 aromatic heterocycles. The highest BCUT2D eigenvalue weighted by Gasteiger charge is 3.01. The van der Waals surface area contributed by atoms with Gasteiger partial charge in [-0.2, -0.15) is 0 Å². The fourth-order valence-electron chi connectivity index (χ4n) is 8.84. The number of hydrogen-bond acceptors (Lipinski definition) is 11. The Hall–Kier alpha value is -3.03. The number of hydrogen-bond donors (Lipinski definition) is 0. The predicted molar refractivity (Wildman–Crippen MR) is 126 cm³/mol. The van der Waals surface area contributed by atoms with Crippen molar-refractivity contribution in [2.45, 2.75) is 87.9 Å². The van der Waals surface area contributed by atoms with E-state index >= 15 is 0 Å². The zero-order valence-corrected chi connectivity index (χ0v) is 22.0. The van der Waals surface area contributed by atoms with Crippen molar-refractivity contribution < 1.29 is 42.9 Å². The molecule has 3 saturated heterocycles. The van der Waals surface area contributed by atoms with Gasteiger partial charge in [-0.3, -0.25) is 0 Å². The molecular formula is C26H29N3O10. The summed E-state index contributed by atoms with van der Waals surface area (Å²) in [5, 5.41) is 11.1. The molecule has 13 nitrogen and oxygen atoms in total. The van der Waals surface area contributed by atoms with Gasteiger partial charge in [0.2, 0.25) is 0 Å². The van der Waals surface area contributed by atoms with Crippen LogP contribution in [0.2, 0.25) is 0 Å². The van der Waals surface area contributed by atoms with E-state index in [0.29, 0.717) is 25.1 Å². The van der Waals surface area contributed by atoms with Crippen LogP contribution in [-0.2, 0) is 46.9 Å². The SMILES string of the molecule is CC(C)[C@]12O[C@H]1[C@@H]1O[C@]13[C@]1(O[C@H]1CC1C4=C(CC[C@@]13C)C(=O)OC4)[C@@H]2OC(=O)OCc1cnc([N+](=O)[O-])n1C. The molecule has 0 aromatic carbocycles. The molecule has 7 aliphatic rings. The third-order valence-corrected chi connectivity index (χ3v) is 10.8. The normalized spacial score (nSPS) is 45.7. The first-order valence-electron chi connectivity index (χ1n) is 13.4. The van der Waals surface area contributed by atoms with Crippen molar-refractivity contribution in [1.29, 1.82) is 0 Å². The highest BCUT2D eigenvalue weighted by Crippen LogP contribution is 2.83. The van der Waals surface area contributed by atoms with Crippen LogP contribution >= 0.6 is 0 Å². The highest BCUT2D eigenvalue weighted by molar-refractivity contribution is 5.92. The predicted octanol–water partition coefficient (Wildman–Crippen LogP) is 2.11. The van der Waals surface area contributed by atoms with Crippen LogP contribution in [0.15, 0.2) is 17.3 Å². The average molecular weight is 544 g/mol. The summed E-state index contributed by atoms with van der Waals surface area (Å²) in [6.07, 6.45) is 0.972. The van der Waals surface area contributed by atoms with E-state index in [1.165, 1.54) is 17.8 Å². The topological polar surface area (TPSA) is 160 Å². The molecule has 0 radical (unpaired) electrons. The number of esters is 1. The van der Waals surface area contributed by atoms with Gasteiger partial charge in [0.05, 0.1) is 13.2 Å². The molecule has 9 atom stereocenters. The lowest BCUT2D eigenvalue weighted by molar-refractivity contribution is -0.396. The Kier molecular flexibility index (Phi) is 4.27. The molecule has 208 valence electrons. The molecule has 39 heavy (non-hydrogen) atoms. The van der Waals surface area contributed by atoms with Crippen LogP contribution < -0.4 is 0 Å². The molecule has 2 saturated carbocycles. The fourth-order valence-corrected chi connectivity index (χ4v) is 8.84. The Labute approximate surface area is 222 Å². The Morgan fingerprint density at radius 3 is 2.82 bits per heavy atom. The number of cyclic esters (lactones) is 1. The van der Waals surface area contributed by atoms with E-state index in [0.717, 1.165) is 17.6 Å². The van der Waals surface area contributed by atoms with Gasteiger partial charge >= 0.3 is 18.1 Å². The van der Waals surface area contributed by atoms with Crippen LogP contribution in [0, 0.1) is 27.4 Å². The maximum Gasteiger partial charge on any atom is 0.509 e. The Morgan fingerprint density at radius 1 is 1.31 bits per heavy atom. The minimum absolute atomic E-state index is 0.00787. The molecular weight excluding hydrogens is 514 g/mol. The van der Waals surface area contributed by atoms with Crippen LogP contribution in [0.4, 0.5) is 10.7 Å². The molecule has 1 unspecified atom stereocenters. The molecule has 0 bridgehead atoms. The van der Waals surface area contributed by atoms with Gasteiger partial charge in [0, 0.05) is 11.0 Å².